The van der Waals surface area contributed by atoms with Gasteiger partial charge < -0.3 is 16.0 Å². The first-order valence-corrected chi connectivity index (χ1v) is 6.44. The highest BCUT2D eigenvalue weighted by atomic mass is 15.1. The van der Waals surface area contributed by atoms with Crippen molar-refractivity contribution in [2.24, 2.45) is 5.92 Å². The van der Waals surface area contributed by atoms with Crippen LogP contribution in [0.2, 0.25) is 0 Å². The first-order chi connectivity index (χ1) is 8.16. The van der Waals surface area contributed by atoms with Crippen molar-refractivity contribution in [3.05, 3.63) is 23.8 Å². The minimum Gasteiger partial charge on any atom is -0.397 e. The van der Waals surface area contributed by atoms with E-state index in [2.05, 4.69) is 42.4 Å². The van der Waals surface area contributed by atoms with Crippen molar-refractivity contribution in [1.29, 1.82) is 0 Å². The number of anilines is 2. The molecule has 0 aromatic heterocycles. The summed E-state index contributed by atoms with van der Waals surface area (Å²) in [6, 6.07) is 6.18. The normalized spacial score (nSPS) is 18.2. The van der Waals surface area contributed by atoms with E-state index in [1.54, 1.807) is 0 Å². The van der Waals surface area contributed by atoms with Crippen LogP contribution in [0.3, 0.4) is 0 Å². The molecule has 0 unspecified atom stereocenters. The Balaban J connectivity index is 1.87. The maximum absolute atomic E-state index is 6.05. The molecule has 1 heterocycles. The summed E-state index contributed by atoms with van der Waals surface area (Å²) in [4.78, 5) is 2.40. The molecule has 3 heteroatoms. The van der Waals surface area contributed by atoms with E-state index in [1.807, 2.05) is 0 Å². The van der Waals surface area contributed by atoms with Crippen LogP contribution in [0.4, 0.5) is 11.4 Å². The minimum absolute atomic E-state index is 0.783. The average molecular weight is 233 g/mol. The van der Waals surface area contributed by atoms with E-state index in [4.69, 9.17) is 5.73 Å². The number of rotatable bonds is 3. The lowest BCUT2D eigenvalue weighted by Gasteiger charge is -2.29. The molecule has 1 fully saturated rings. The molecule has 1 aliphatic rings. The summed E-state index contributed by atoms with van der Waals surface area (Å²) in [5.41, 5.74) is 9.18. The number of para-hydroxylation sites is 1. The molecule has 0 saturated carbocycles. The zero-order valence-electron chi connectivity index (χ0n) is 10.9. The van der Waals surface area contributed by atoms with E-state index < -0.39 is 0 Å². The van der Waals surface area contributed by atoms with Gasteiger partial charge in [0.1, 0.15) is 0 Å². The maximum Gasteiger partial charge on any atom is 0.0579 e. The van der Waals surface area contributed by atoms with Crippen molar-refractivity contribution in [1.82, 2.24) is 4.90 Å². The Bertz CT molecular complexity index is 368. The lowest BCUT2D eigenvalue weighted by atomic mass is 9.97. The fourth-order valence-corrected chi connectivity index (χ4v) is 2.36. The van der Waals surface area contributed by atoms with Crippen LogP contribution < -0.4 is 11.1 Å². The van der Waals surface area contributed by atoms with Crippen LogP contribution in [0.1, 0.15) is 18.4 Å². The molecule has 0 atom stereocenters. The Kier molecular flexibility index (Phi) is 3.89. The van der Waals surface area contributed by atoms with E-state index >= 15 is 0 Å². The molecule has 0 spiro atoms. The second kappa shape index (κ2) is 5.41. The molecule has 2 rings (SSSR count). The molecule has 1 aromatic carbocycles. The third kappa shape index (κ3) is 3.13. The van der Waals surface area contributed by atoms with Gasteiger partial charge in [-0.05, 0) is 57.5 Å². The van der Waals surface area contributed by atoms with E-state index in [9.17, 15) is 0 Å². The second-order valence-corrected chi connectivity index (χ2v) is 5.16. The lowest BCUT2D eigenvalue weighted by molar-refractivity contribution is 0.226. The Labute approximate surface area is 104 Å². The van der Waals surface area contributed by atoms with Crippen LogP contribution in [0.15, 0.2) is 18.2 Å². The number of nitrogens with two attached hydrogens (primary N) is 1. The van der Waals surface area contributed by atoms with Crippen molar-refractivity contribution < 1.29 is 0 Å². The summed E-state index contributed by atoms with van der Waals surface area (Å²) in [7, 11) is 2.20. The number of benzene rings is 1. The van der Waals surface area contributed by atoms with E-state index in [0.29, 0.717) is 0 Å². The summed E-state index contributed by atoms with van der Waals surface area (Å²) >= 11 is 0. The van der Waals surface area contributed by atoms with Crippen molar-refractivity contribution in [3.8, 4) is 0 Å². The number of nitrogens with zero attached hydrogens (tertiary/aromatic N) is 1. The third-order valence-corrected chi connectivity index (χ3v) is 3.74. The predicted molar refractivity (Wildman–Crippen MR) is 74.3 cm³/mol. The third-order valence-electron chi connectivity index (χ3n) is 3.74. The number of piperidine rings is 1. The van der Waals surface area contributed by atoms with Gasteiger partial charge in [0.15, 0.2) is 0 Å². The van der Waals surface area contributed by atoms with Gasteiger partial charge in [0.05, 0.1) is 11.4 Å². The number of nitrogens with one attached hydrogen (secondary N) is 1. The van der Waals surface area contributed by atoms with Crippen LogP contribution in [-0.2, 0) is 0 Å². The smallest absolute Gasteiger partial charge is 0.0579 e. The second-order valence-electron chi connectivity index (χ2n) is 5.16. The molecule has 17 heavy (non-hydrogen) atoms. The highest BCUT2D eigenvalue weighted by molar-refractivity contribution is 5.69. The van der Waals surface area contributed by atoms with E-state index in [1.165, 1.54) is 25.9 Å². The molecule has 3 N–H and O–H groups in total. The molecule has 1 aliphatic heterocycles. The summed E-state index contributed by atoms with van der Waals surface area (Å²) in [5.74, 6) is 0.783. The van der Waals surface area contributed by atoms with Crippen LogP contribution >= 0.6 is 0 Å². The summed E-state index contributed by atoms with van der Waals surface area (Å²) in [6.07, 6.45) is 2.57. The van der Waals surface area contributed by atoms with Gasteiger partial charge >= 0.3 is 0 Å². The van der Waals surface area contributed by atoms with Crippen LogP contribution in [0, 0.1) is 12.8 Å². The molecule has 3 nitrogen and oxygen atoms in total. The topological polar surface area (TPSA) is 41.3 Å². The monoisotopic (exact) mass is 233 g/mol. The summed E-state index contributed by atoms with van der Waals surface area (Å²) in [5, 5.41) is 3.49. The van der Waals surface area contributed by atoms with Crippen molar-refractivity contribution in [3.63, 3.8) is 0 Å². The van der Waals surface area contributed by atoms with Gasteiger partial charge in [-0.1, -0.05) is 12.1 Å². The zero-order valence-corrected chi connectivity index (χ0v) is 10.9. The van der Waals surface area contributed by atoms with Gasteiger partial charge in [-0.3, -0.25) is 0 Å². The van der Waals surface area contributed by atoms with Gasteiger partial charge in [0.2, 0.25) is 0 Å². The summed E-state index contributed by atoms with van der Waals surface area (Å²) in [6.45, 7) is 5.53. The molecule has 0 amide bonds. The Morgan fingerprint density at radius 1 is 1.35 bits per heavy atom. The predicted octanol–water partition coefficient (Wildman–Crippen LogP) is 2.33. The average Bonchev–Trinajstić information content (AvgIpc) is 2.33. The van der Waals surface area contributed by atoms with Crippen molar-refractivity contribution >= 4 is 11.4 Å². The molecule has 1 saturated heterocycles. The number of likely N-dealkylation sites (tertiary alicyclic amines) is 1. The highest BCUT2D eigenvalue weighted by Gasteiger charge is 2.16. The molecule has 0 radical (unpaired) electrons. The van der Waals surface area contributed by atoms with Crippen LogP contribution in [-0.4, -0.2) is 31.6 Å². The molecular weight excluding hydrogens is 210 g/mol. The lowest BCUT2D eigenvalue weighted by Crippen LogP contribution is -2.33. The van der Waals surface area contributed by atoms with Crippen LogP contribution in [0.5, 0.6) is 0 Å². The number of nitrogen functional groups attached to an aromatic ring is 1. The SMILES string of the molecule is Cc1cccc(NCC2CCN(C)CC2)c1N. The van der Waals surface area contributed by atoms with Crippen molar-refractivity contribution in [2.75, 3.05) is 37.7 Å². The molecule has 94 valence electrons. The largest absolute Gasteiger partial charge is 0.397 e. The zero-order chi connectivity index (χ0) is 12.3. The number of aryl methyl sites for hydroxylation is 1. The minimum atomic E-state index is 0.783. The molecular formula is C14H23N3. The van der Waals surface area contributed by atoms with E-state index in [0.717, 1.165) is 29.4 Å². The van der Waals surface area contributed by atoms with E-state index in [-0.39, 0.29) is 0 Å². The quantitative estimate of drug-likeness (QED) is 0.787. The number of hydrogen-bond donors (Lipinski definition) is 2. The summed E-state index contributed by atoms with van der Waals surface area (Å²) < 4.78 is 0. The maximum atomic E-state index is 6.05. The fraction of sp³-hybridized carbons (Fsp3) is 0.571. The Morgan fingerprint density at radius 2 is 2.06 bits per heavy atom. The first-order valence-electron chi connectivity index (χ1n) is 6.44. The Hall–Kier alpha value is -1.22. The fourth-order valence-electron chi connectivity index (χ4n) is 2.36. The van der Waals surface area contributed by atoms with Gasteiger partial charge in [0.25, 0.3) is 0 Å². The first kappa shape index (κ1) is 12.2. The van der Waals surface area contributed by atoms with Crippen molar-refractivity contribution in [2.45, 2.75) is 19.8 Å². The highest BCUT2D eigenvalue weighted by Crippen LogP contribution is 2.23. The standard InChI is InChI=1S/C14H23N3/c1-11-4-3-5-13(14(11)15)16-10-12-6-8-17(2)9-7-12/h3-5,12,16H,6-10,15H2,1-2H3. The van der Waals surface area contributed by atoms with Gasteiger partial charge in [-0.25, -0.2) is 0 Å². The van der Waals surface area contributed by atoms with Gasteiger partial charge in [-0.15, -0.1) is 0 Å². The molecule has 1 aromatic rings. The Morgan fingerprint density at radius 3 is 2.76 bits per heavy atom. The number of hydrogen-bond acceptors (Lipinski definition) is 3. The molecule has 0 aliphatic carbocycles. The van der Waals surface area contributed by atoms with Gasteiger partial charge in [0, 0.05) is 6.54 Å². The van der Waals surface area contributed by atoms with Gasteiger partial charge in [-0.2, -0.15) is 0 Å². The van der Waals surface area contributed by atoms with Crippen LogP contribution in [0.25, 0.3) is 0 Å². The molecule has 0 bridgehead atoms.